The highest BCUT2D eigenvalue weighted by molar-refractivity contribution is 6.31. The molecular weight excluding hydrogens is 468 g/mol. The minimum absolute atomic E-state index is 0.100. The van der Waals surface area contributed by atoms with Gasteiger partial charge in [0.05, 0.1) is 30.2 Å². The van der Waals surface area contributed by atoms with E-state index in [0.717, 1.165) is 18.4 Å². The maximum atomic E-state index is 12.8. The summed E-state index contributed by atoms with van der Waals surface area (Å²) in [6.45, 7) is 0.932. The van der Waals surface area contributed by atoms with Crippen molar-refractivity contribution >= 4 is 35.0 Å². The van der Waals surface area contributed by atoms with Crippen molar-refractivity contribution in [2.45, 2.75) is 25.4 Å². The molecule has 2 aliphatic rings. The number of amides is 3. The monoisotopic (exact) mass is 490 g/mol. The second-order valence-corrected chi connectivity index (χ2v) is 8.91. The molecule has 2 heterocycles. The fourth-order valence-corrected chi connectivity index (χ4v) is 4.46. The number of nitrogens with one attached hydrogen (secondary N) is 1. The second-order valence-electron chi connectivity index (χ2n) is 8.51. The van der Waals surface area contributed by atoms with E-state index in [9.17, 15) is 14.4 Å². The Balaban J connectivity index is 1.22. The number of imide groups is 1. The first kappa shape index (κ1) is 23.1. The summed E-state index contributed by atoms with van der Waals surface area (Å²) in [5.74, 6) is 0.161. The molecule has 0 saturated carbocycles. The van der Waals surface area contributed by atoms with Crippen molar-refractivity contribution in [2.24, 2.45) is 0 Å². The maximum Gasteiger partial charge on any atom is 0.261 e. The molecule has 1 atom stereocenters. The second kappa shape index (κ2) is 9.90. The molecule has 1 unspecified atom stereocenters. The first-order valence-corrected chi connectivity index (χ1v) is 11.8. The predicted molar refractivity (Wildman–Crippen MR) is 131 cm³/mol. The zero-order valence-corrected chi connectivity index (χ0v) is 19.6. The van der Waals surface area contributed by atoms with Gasteiger partial charge in [-0.05, 0) is 66.9 Å². The Hall–Kier alpha value is -3.68. The van der Waals surface area contributed by atoms with Crippen LogP contribution in [0.3, 0.4) is 0 Å². The van der Waals surface area contributed by atoms with Crippen LogP contribution < -0.4 is 10.1 Å². The number of halogens is 1. The van der Waals surface area contributed by atoms with E-state index in [1.165, 1.54) is 4.90 Å². The molecule has 1 saturated heterocycles. The van der Waals surface area contributed by atoms with E-state index in [2.05, 4.69) is 5.32 Å². The lowest BCUT2D eigenvalue weighted by atomic mass is 10.1. The molecule has 1 N–H and O–H groups in total. The van der Waals surface area contributed by atoms with E-state index in [4.69, 9.17) is 21.1 Å². The average molecular weight is 491 g/mol. The van der Waals surface area contributed by atoms with Crippen molar-refractivity contribution < 1.29 is 23.9 Å². The van der Waals surface area contributed by atoms with Crippen molar-refractivity contribution in [1.29, 1.82) is 0 Å². The Morgan fingerprint density at radius 2 is 1.74 bits per heavy atom. The Morgan fingerprint density at radius 3 is 2.49 bits per heavy atom. The first-order valence-electron chi connectivity index (χ1n) is 11.4. The molecule has 3 amide bonds. The molecule has 8 heteroatoms. The summed E-state index contributed by atoms with van der Waals surface area (Å²) in [4.78, 5) is 39.1. The number of carbonyl (C=O) groups excluding carboxylic acids is 3. The largest absolute Gasteiger partial charge is 0.457 e. The smallest absolute Gasteiger partial charge is 0.261 e. The van der Waals surface area contributed by atoms with Gasteiger partial charge in [0.2, 0.25) is 5.91 Å². The Kier molecular flexibility index (Phi) is 6.53. The van der Waals surface area contributed by atoms with Crippen molar-refractivity contribution in [1.82, 2.24) is 4.90 Å². The van der Waals surface area contributed by atoms with Crippen molar-refractivity contribution in [3.8, 4) is 11.5 Å². The van der Waals surface area contributed by atoms with Gasteiger partial charge >= 0.3 is 0 Å². The van der Waals surface area contributed by atoms with Crippen molar-refractivity contribution in [2.75, 3.05) is 18.5 Å². The molecule has 0 radical (unpaired) electrons. The number of rotatable bonds is 7. The zero-order valence-electron chi connectivity index (χ0n) is 18.8. The van der Waals surface area contributed by atoms with Crippen LogP contribution in [0.15, 0.2) is 66.7 Å². The fraction of sp³-hybridized carbons (Fsp3) is 0.222. The van der Waals surface area contributed by atoms with Gasteiger partial charge in [-0.1, -0.05) is 29.8 Å². The maximum absolute atomic E-state index is 12.8. The third kappa shape index (κ3) is 5.06. The van der Waals surface area contributed by atoms with Gasteiger partial charge < -0.3 is 14.8 Å². The third-order valence-electron chi connectivity index (χ3n) is 6.03. The molecule has 0 bridgehead atoms. The first-order chi connectivity index (χ1) is 17.0. The van der Waals surface area contributed by atoms with Crippen LogP contribution in [-0.4, -0.2) is 41.9 Å². The van der Waals surface area contributed by atoms with Gasteiger partial charge in [0.25, 0.3) is 11.8 Å². The molecule has 0 aliphatic carbocycles. The standard InChI is InChI=1S/C27H23ClN2O5/c28-24-6-2-1-4-17(24)14-25(31)29-18-7-9-19(10-8-18)35-20-11-12-22-23(15-20)27(33)30(26(22)32)16-21-5-3-13-34-21/h1-2,4,6-12,15,21H,3,5,13-14,16H2,(H,29,31). The van der Waals surface area contributed by atoms with Crippen LogP contribution in [-0.2, 0) is 16.0 Å². The lowest BCUT2D eigenvalue weighted by Crippen LogP contribution is -2.36. The topological polar surface area (TPSA) is 84.9 Å². The number of carbonyl (C=O) groups is 3. The highest BCUT2D eigenvalue weighted by Crippen LogP contribution is 2.31. The number of anilines is 1. The van der Waals surface area contributed by atoms with Gasteiger partial charge in [-0.3, -0.25) is 19.3 Å². The van der Waals surface area contributed by atoms with Crippen LogP contribution in [0.2, 0.25) is 5.02 Å². The van der Waals surface area contributed by atoms with Crippen LogP contribution in [0.25, 0.3) is 0 Å². The van der Waals surface area contributed by atoms with Gasteiger partial charge in [-0.25, -0.2) is 0 Å². The zero-order chi connectivity index (χ0) is 24.4. The van der Waals surface area contributed by atoms with E-state index in [-0.39, 0.29) is 36.8 Å². The van der Waals surface area contributed by atoms with Crippen LogP contribution in [0.1, 0.15) is 39.1 Å². The third-order valence-corrected chi connectivity index (χ3v) is 6.40. The van der Waals surface area contributed by atoms with Gasteiger partial charge in [-0.2, -0.15) is 0 Å². The van der Waals surface area contributed by atoms with E-state index in [1.54, 1.807) is 48.5 Å². The number of hydrogen-bond acceptors (Lipinski definition) is 5. The van der Waals surface area contributed by atoms with E-state index >= 15 is 0 Å². The highest BCUT2D eigenvalue weighted by Gasteiger charge is 2.37. The van der Waals surface area contributed by atoms with Gasteiger partial charge in [0, 0.05) is 17.3 Å². The van der Waals surface area contributed by atoms with Crippen LogP contribution in [0.5, 0.6) is 11.5 Å². The summed E-state index contributed by atoms with van der Waals surface area (Å²) in [6, 6.07) is 19.0. The van der Waals surface area contributed by atoms with Crippen molar-refractivity contribution in [3.05, 3.63) is 88.4 Å². The predicted octanol–water partition coefficient (Wildman–Crippen LogP) is 5.09. The van der Waals surface area contributed by atoms with Gasteiger partial charge in [0.15, 0.2) is 0 Å². The highest BCUT2D eigenvalue weighted by atomic mass is 35.5. The number of benzene rings is 3. The van der Waals surface area contributed by atoms with E-state index < -0.39 is 0 Å². The average Bonchev–Trinajstić information content (AvgIpc) is 3.45. The lowest BCUT2D eigenvalue weighted by molar-refractivity contribution is -0.115. The van der Waals surface area contributed by atoms with Crippen LogP contribution in [0.4, 0.5) is 5.69 Å². The molecule has 35 heavy (non-hydrogen) atoms. The normalized spacial score (nSPS) is 16.9. The summed E-state index contributed by atoms with van der Waals surface area (Å²) in [5, 5.41) is 3.39. The molecular formula is C27H23ClN2O5. The number of fused-ring (bicyclic) bond motifs is 1. The quantitative estimate of drug-likeness (QED) is 0.466. The minimum atomic E-state index is -0.331. The number of ether oxygens (including phenoxy) is 2. The molecule has 3 aromatic rings. The summed E-state index contributed by atoms with van der Waals surface area (Å²) in [7, 11) is 0. The van der Waals surface area contributed by atoms with Gasteiger partial charge in [-0.15, -0.1) is 0 Å². The summed E-state index contributed by atoms with van der Waals surface area (Å²) < 4.78 is 11.5. The van der Waals surface area contributed by atoms with Crippen LogP contribution in [0, 0.1) is 0 Å². The van der Waals surface area contributed by atoms with E-state index in [1.807, 2.05) is 18.2 Å². The van der Waals surface area contributed by atoms with Crippen LogP contribution >= 0.6 is 11.6 Å². The Bertz CT molecular complexity index is 1280. The van der Waals surface area contributed by atoms with Gasteiger partial charge in [0.1, 0.15) is 11.5 Å². The molecule has 0 aromatic heterocycles. The Labute approximate surface area is 207 Å². The van der Waals surface area contributed by atoms with E-state index in [0.29, 0.717) is 39.9 Å². The number of hydrogen-bond donors (Lipinski definition) is 1. The number of nitrogens with zero attached hydrogens (tertiary/aromatic N) is 1. The molecule has 2 aliphatic heterocycles. The Morgan fingerprint density at radius 1 is 1.00 bits per heavy atom. The molecule has 0 spiro atoms. The summed E-state index contributed by atoms with van der Waals surface area (Å²) >= 11 is 6.12. The summed E-state index contributed by atoms with van der Waals surface area (Å²) in [5.41, 5.74) is 2.07. The molecule has 7 nitrogen and oxygen atoms in total. The minimum Gasteiger partial charge on any atom is -0.457 e. The molecule has 178 valence electrons. The lowest BCUT2D eigenvalue weighted by Gasteiger charge is -2.17. The summed E-state index contributed by atoms with van der Waals surface area (Å²) in [6.07, 6.45) is 1.86. The molecule has 3 aromatic carbocycles. The fourth-order valence-electron chi connectivity index (χ4n) is 4.25. The molecule has 1 fully saturated rings. The van der Waals surface area contributed by atoms with Crippen molar-refractivity contribution in [3.63, 3.8) is 0 Å². The SMILES string of the molecule is O=C(Cc1ccccc1Cl)Nc1ccc(Oc2ccc3c(c2)C(=O)N(CC2CCCO2)C3=O)cc1. The molecule has 5 rings (SSSR count).